The number of amides is 2. The van der Waals surface area contributed by atoms with E-state index in [0.717, 1.165) is 22.1 Å². The third-order valence-corrected chi connectivity index (χ3v) is 5.11. The zero-order chi connectivity index (χ0) is 18.8. The van der Waals surface area contributed by atoms with Crippen LogP contribution in [-0.2, 0) is 9.59 Å². The molecule has 0 aromatic heterocycles. The van der Waals surface area contributed by atoms with Crippen LogP contribution < -0.4 is 15.8 Å². The number of rotatable bonds is 4. The minimum Gasteiger partial charge on any atom is -0.497 e. The monoisotopic (exact) mass is 355 g/mol. The fraction of sp³-hybridized carbons (Fsp3) is 0.400. The number of carbonyl (C=O) groups excluding carboxylic acids is 2. The molecule has 138 valence electrons. The largest absolute Gasteiger partial charge is 0.497 e. The van der Waals surface area contributed by atoms with Gasteiger partial charge in [0.05, 0.1) is 13.0 Å². The lowest BCUT2D eigenvalue weighted by Gasteiger charge is -2.26. The Bertz CT molecular complexity index is 836. The van der Waals surface area contributed by atoms with Crippen LogP contribution >= 0.6 is 0 Å². The van der Waals surface area contributed by atoms with E-state index in [1.54, 1.807) is 19.1 Å². The minimum atomic E-state index is -0.491. The lowest BCUT2D eigenvalue weighted by atomic mass is 9.96. The van der Waals surface area contributed by atoms with Gasteiger partial charge < -0.3 is 20.7 Å². The van der Waals surface area contributed by atoms with Crippen molar-refractivity contribution in [1.29, 1.82) is 0 Å². The number of likely N-dealkylation sites (tertiary alicyclic amines) is 1. The molecule has 0 bridgehead atoms. The minimum absolute atomic E-state index is 0.0700. The van der Waals surface area contributed by atoms with E-state index in [1.165, 1.54) is 0 Å². The molecule has 1 aliphatic heterocycles. The zero-order valence-corrected chi connectivity index (χ0v) is 15.4. The van der Waals surface area contributed by atoms with E-state index in [4.69, 9.17) is 10.5 Å². The van der Waals surface area contributed by atoms with Gasteiger partial charge in [-0.25, -0.2) is 0 Å². The second-order valence-electron chi connectivity index (χ2n) is 6.81. The van der Waals surface area contributed by atoms with Crippen molar-refractivity contribution in [1.82, 2.24) is 10.2 Å². The summed E-state index contributed by atoms with van der Waals surface area (Å²) in [6.45, 7) is 2.28. The second-order valence-corrected chi connectivity index (χ2v) is 6.81. The highest BCUT2D eigenvalue weighted by molar-refractivity contribution is 5.92. The van der Waals surface area contributed by atoms with Crippen LogP contribution in [0.5, 0.6) is 5.75 Å². The van der Waals surface area contributed by atoms with Gasteiger partial charge in [-0.15, -0.1) is 0 Å². The van der Waals surface area contributed by atoms with Crippen molar-refractivity contribution in [3.8, 4) is 5.75 Å². The van der Waals surface area contributed by atoms with Crippen LogP contribution in [0.2, 0.25) is 0 Å². The SMILES string of the molecule is CNC(=O)[C@@H]1C[C@@H](N)CN1C(=O)[C@@H](C)c1ccc2cc(OC)ccc2c1. The molecule has 3 atom stereocenters. The average molecular weight is 355 g/mol. The number of nitrogens with one attached hydrogen (secondary N) is 1. The Morgan fingerprint density at radius 2 is 1.92 bits per heavy atom. The van der Waals surface area contributed by atoms with Crippen LogP contribution in [0, 0.1) is 0 Å². The van der Waals surface area contributed by atoms with Crippen LogP contribution in [-0.4, -0.2) is 49.5 Å². The highest BCUT2D eigenvalue weighted by Crippen LogP contribution is 2.28. The molecule has 26 heavy (non-hydrogen) atoms. The third-order valence-electron chi connectivity index (χ3n) is 5.11. The first-order chi connectivity index (χ1) is 12.4. The van der Waals surface area contributed by atoms with Gasteiger partial charge in [-0.1, -0.05) is 24.3 Å². The van der Waals surface area contributed by atoms with E-state index >= 15 is 0 Å². The Labute approximate surface area is 153 Å². The zero-order valence-electron chi connectivity index (χ0n) is 15.4. The lowest BCUT2D eigenvalue weighted by Crippen LogP contribution is -2.46. The molecule has 0 aliphatic carbocycles. The van der Waals surface area contributed by atoms with Crippen LogP contribution in [0.1, 0.15) is 24.8 Å². The number of nitrogens with zero attached hydrogens (tertiary/aromatic N) is 1. The number of methoxy groups -OCH3 is 1. The molecule has 2 aromatic carbocycles. The summed E-state index contributed by atoms with van der Waals surface area (Å²) in [6, 6.07) is 11.1. The van der Waals surface area contributed by atoms with Gasteiger partial charge in [0.2, 0.25) is 11.8 Å². The summed E-state index contributed by atoms with van der Waals surface area (Å²) >= 11 is 0. The number of ether oxygens (including phenoxy) is 1. The van der Waals surface area contributed by atoms with Gasteiger partial charge in [0, 0.05) is 19.6 Å². The summed E-state index contributed by atoms with van der Waals surface area (Å²) in [5, 5.41) is 4.73. The predicted octanol–water partition coefficient (Wildman–Crippen LogP) is 1.63. The Morgan fingerprint density at radius 3 is 2.62 bits per heavy atom. The number of hydrogen-bond donors (Lipinski definition) is 2. The van der Waals surface area contributed by atoms with E-state index in [1.807, 2.05) is 43.3 Å². The van der Waals surface area contributed by atoms with Crippen molar-refractivity contribution in [2.75, 3.05) is 20.7 Å². The second kappa shape index (κ2) is 7.33. The summed E-state index contributed by atoms with van der Waals surface area (Å²) in [5.74, 6) is 0.219. The van der Waals surface area contributed by atoms with Gasteiger partial charge in [-0.2, -0.15) is 0 Å². The van der Waals surface area contributed by atoms with Crippen molar-refractivity contribution in [2.45, 2.75) is 31.3 Å². The Balaban J connectivity index is 1.85. The fourth-order valence-electron chi connectivity index (χ4n) is 3.56. The Morgan fingerprint density at radius 1 is 1.23 bits per heavy atom. The normalized spacial score (nSPS) is 20.8. The van der Waals surface area contributed by atoms with Crippen LogP contribution in [0.3, 0.4) is 0 Å². The first-order valence-corrected chi connectivity index (χ1v) is 8.80. The maximum Gasteiger partial charge on any atom is 0.242 e. The maximum atomic E-state index is 13.0. The molecule has 1 aliphatic rings. The molecule has 0 radical (unpaired) electrons. The quantitative estimate of drug-likeness (QED) is 0.873. The molecule has 1 fully saturated rings. The molecule has 3 N–H and O–H groups in total. The molecule has 0 spiro atoms. The number of likely N-dealkylation sites (N-methyl/N-ethyl adjacent to an activating group) is 1. The molecule has 6 nitrogen and oxygen atoms in total. The number of hydrogen-bond acceptors (Lipinski definition) is 4. The highest BCUT2D eigenvalue weighted by atomic mass is 16.5. The molecule has 2 amide bonds. The van der Waals surface area contributed by atoms with Gasteiger partial charge in [-0.3, -0.25) is 9.59 Å². The lowest BCUT2D eigenvalue weighted by molar-refractivity contribution is -0.139. The van der Waals surface area contributed by atoms with E-state index in [0.29, 0.717) is 13.0 Å². The third kappa shape index (κ3) is 3.37. The fourth-order valence-corrected chi connectivity index (χ4v) is 3.56. The van der Waals surface area contributed by atoms with E-state index in [9.17, 15) is 9.59 Å². The highest BCUT2D eigenvalue weighted by Gasteiger charge is 2.39. The molecule has 3 rings (SSSR count). The predicted molar refractivity (Wildman–Crippen MR) is 101 cm³/mol. The Hall–Kier alpha value is -2.60. The van der Waals surface area contributed by atoms with Crippen molar-refractivity contribution >= 4 is 22.6 Å². The van der Waals surface area contributed by atoms with Crippen LogP contribution in [0.15, 0.2) is 36.4 Å². The first-order valence-electron chi connectivity index (χ1n) is 8.80. The van der Waals surface area contributed by atoms with Crippen molar-refractivity contribution in [3.63, 3.8) is 0 Å². The molecule has 1 saturated heterocycles. The average Bonchev–Trinajstić information content (AvgIpc) is 3.06. The first kappa shape index (κ1) is 18.2. The molecule has 6 heteroatoms. The van der Waals surface area contributed by atoms with Gasteiger partial charge in [-0.05, 0) is 41.8 Å². The van der Waals surface area contributed by atoms with E-state index in [-0.39, 0.29) is 23.8 Å². The molecular formula is C20H25N3O3. The van der Waals surface area contributed by atoms with E-state index in [2.05, 4.69) is 5.32 Å². The van der Waals surface area contributed by atoms with Crippen LogP contribution in [0.25, 0.3) is 10.8 Å². The smallest absolute Gasteiger partial charge is 0.242 e. The Kier molecular flexibility index (Phi) is 5.13. The summed E-state index contributed by atoms with van der Waals surface area (Å²) in [4.78, 5) is 26.7. The molecule has 0 saturated carbocycles. The maximum absolute atomic E-state index is 13.0. The summed E-state index contributed by atoms with van der Waals surface area (Å²) in [5.41, 5.74) is 6.92. The number of benzene rings is 2. The summed E-state index contributed by atoms with van der Waals surface area (Å²) in [7, 11) is 3.22. The van der Waals surface area contributed by atoms with Crippen molar-refractivity contribution in [3.05, 3.63) is 42.0 Å². The molecule has 0 unspecified atom stereocenters. The summed E-state index contributed by atoms with van der Waals surface area (Å²) in [6.07, 6.45) is 0.496. The van der Waals surface area contributed by atoms with Gasteiger partial charge in [0.25, 0.3) is 0 Å². The van der Waals surface area contributed by atoms with Crippen molar-refractivity contribution in [2.24, 2.45) is 5.73 Å². The van der Waals surface area contributed by atoms with Gasteiger partial charge in [0.1, 0.15) is 11.8 Å². The molecule has 2 aromatic rings. The number of carbonyl (C=O) groups is 2. The molecular weight excluding hydrogens is 330 g/mol. The van der Waals surface area contributed by atoms with Crippen molar-refractivity contribution < 1.29 is 14.3 Å². The van der Waals surface area contributed by atoms with Gasteiger partial charge >= 0.3 is 0 Å². The topological polar surface area (TPSA) is 84.7 Å². The summed E-state index contributed by atoms with van der Waals surface area (Å²) < 4.78 is 5.25. The number of nitrogens with two attached hydrogens (primary N) is 1. The standard InChI is InChI=1S/C20H25N3O3/c1-12(20(25)23-11-16(21)10-18(23)19(24)22-2)13-4-5-15-9-17(26-3)7-6-14(15)8-13/h4-9,12,16,18H,10-11,21H2,1-3H3,(H,22,24)/t12-,16+,18-/m0/s1. The molecule has 1 heterocycles. The van der Waals surface area contributed by atoms with Gasteiger partial charge in [0.15, 0.2) is 0 Å². The van der Waals surface area contributed by atoms with Crippen LogP contribution in [0.4, 0.5) is 0 Å². The number of fused-ring (bicyclic) bond motifs is 1. The van der Waals surface area contributed by atoms with E-state index < -0.39 is 6.04 Å².